The van der Waals surface area contributed by atoms with E-state index >= 15 is 0 Å². The van der Waals surface area contributed by atoms with Crippen LogP contribution in [0.1, 0.15) is 0 Å². The molecular formula is C11H8N2O. The van der Waals surface area contributed by atoms with Crippen molar-refractivity contribution in [3.63, 3.8) is 0 Å². The molecule has 0 aliphatic heterocycles. The lowest BCUT2D eigenvalue weighted by molar-refractivity contribution is 0.302. The molecule has 0 amide bonds. The molecule has 0 heterocycles. The van der Waals surface area contributed by atoms with Gasteiger partial charge in [-0.3, -0.25) is 0 Å². The third kappa shape index (κ3) is 1.91. The largest absolute Gasteiger partial charge is 0.496 e. The molecule has 0 saturated heterocycles. The van der Waals surface area contributed by atoms with Crippen LogP contribution in [0, 0.1) is 22.7 Å². The Kier molecular flexibility index (Phi) is 3.29. The van der Waals surface area contributed by atoms with Crippen LogP contribution in [0.25, 0.3) is 0 Å². The Hall–Kier alpha value is -2.26. The number of rotatable bonds is 1. The van der Waals surface area contributed by atoms with Gasteiger partial charge >= 0.3 is 0 Å². The van der Waals surface area contributed by atoms with Crippen LogP contribution < -0.4 is 0 Å². The predicted molar refractivity (Wildman–Crippen MR) is 51.6 cm³/mol. The first-order chi connectivity index (χ1) is 6.83. The molecule has 1 rings (SSSR count). The van der Waals surface area contributed by atoms with E-state index in [1.807, 2.05) is 12.1 Å². The molecule has 0 aromatic carbocycles. The van der Waals surface area contributed by atoms with Gasteiger partial charge in [-0.2, -0.15) is 10.5 Å². The fraction of sp³-hybridized carbons (Fsp3) is 0.0909. The first kappa shape index (κ1) is 9.83. The summed E-state index contributed by atoms with van der Waals surface area (Å²) >= 11 is 0. The van der Waals surface area contributed by atoms with Gasteiger partial charge in [-0.1, -0.05) is 18.2 Å². The normalized spacial score (nSPS) is 13.6. The van der Waals surface area contributed by atoms with Crippen LogP contribution >= 0.6 is 0 Å². The van der Waals surface area contributed by atoms with Crippen molar-refractivity contribution in [1.82, 2.24) is 0 Å². The zero-order valence-electron chi connectivity index (χ0n) is 7.69. The van der Waals surface area contributed by atoms with E-state index in [1.54, 1.807) is 30.4 Å². The quantitative estimate of drug-likeness (QED) is 0.585. The summed E-state index contributed by atoms with van der Waals surface area (Å²) in [5, 5.41) is 17.4. The predicted octanol–water partition coefficient (Wildman–Crippen LogP) is 1.99. The highest BCUT2D eigenvalue weighted by Crippen LogP contribution is 2.18. The maximum absolute atomic E-state index is 8.72. The molecule has 0 saturated carbocycles. The van der Waals surface area contributed by atoms with Gasteiger partial charge in [0.05, 0.1) is 7.11 Å². The van der Waals surface area contributed by atoms with E-state index in [0.717, 1.165) is 0 Å². The molecule has 0 unspecified atom stereocenters. The number of methoxy groups -OCH3 is 1. The Morgan fingerprint density at radius 1 is 1.21 bits per heavy atom. The molecule has 3 nitrogen and oxygen atoms in total. The van der Waals surface area contributed by atoms with Gasteiger partial charge in [0.1, 0.15) is 23.5 Å². The molecule has 0 N–H and O–H groups in total. The number of allylic oxidation sites excluding steroid dienone is 6. The summed E-state index contributed by atoms with van der Waals surface area (Å²) in [5.41, 5.74) is 0.570. The van der Waals surface area contributed by atoms with Gasteiger partial charge in [-0.05, 0) is 12.2 Å². The zero-order valence-corrected chi connectivity index (χ0v) is 7.69. The molecule has 1 aliphatic carbocycles. The number of hydrogen-bond donors (Lipinski definition) is 0. The molecule has 0 spiro atoms. The van der Waals surface area contributed by atoms with Crippen molar-refractivity contribution in [3.8, 4) is 12.1 Å². The average Bonchev–Trinajstić information content (AvgIpc) is 2.45. The standard InChI is InChI=1S/C11H8N2O/c1-14-11-6-4-2-3-5-10(11)9(7-12)8-13/h2-6H,1H3. The van der Waals surface area contributed by atoms with Crippen molar-refractivity contribution >= 4 is 0 Å². The Morgan fingerprint density at radius 3 is 2.50 bits per heavy atom. The summed E-state index contributed by atoms with van der Waals surface area (Å²) in [6.45, 7) is 0. The minimum atomic E-state index is 0.0538. The van der Waals surface area contributed by atoms with E-state index in [9.17, 15) is 0 Å². The second-order valence-corrected chi connectivity index (χ2v) is 2.49. The average molecular weight is 184 g/mol. The van der Waals surface area contributed by atoms with E-state index in [4.69, 9.17) is 15.3 Å². The van der Waals surface area contributed by atoms with Crippen molar-refractivity contribution in [3.05, 3.63) is 47.3 Å². The zero-order chi connectivity index (χ0) is 10.4. The van der Waals surface area contributed by atoms with Gasteiger partial charge in [0.25, 0.3) is 0 Å². The SMILES string of the molecule is COC1=CC=CC=CC1=C(C#N)C#N. The topological polar surface area (TPSA) is 56.8 Å². The van der Waals surface area contributed by atoms with Crippen molar-refractivity contribution in [2.45, 2.75) is 0 Å². The lowest BCUT2D eigenvalue weighted by Crippen LogP contribution is -1.93. The van der Waals surface area contributed by atoms with Gasteiger partial charge in [0.2, 0.25) is 0 Å². The lowest BCUT2D eigenvalue weighted by Gasteiger charge is -2.04. The van der Waals surface area contributed by atoms with Gasteiger partial charge in [0.15, 0.2) is 0 Å². The number of nitriles is 2. The van der Waals surface area contributed by atoms with Gasteiger partial charge in [0, 0.05) is 5.57 Å². The molecule has 0 aromatic heterocycles. The van der Waals surface area contributed by atoms with Crippen LogP contribution in [0.2, 0.25) is 0 Å². The fourth-order valence-electron chi connectivity index (χ4n) is 1.06. The minimum absolute atomic E-state index is 0.0538. The first-order valence-electron chi connectivity index (χ1n) is 3.97. The Labute approximate surface area is 82.5 Å². The number of nitrogens with zero attached hydrogens (tertiary/aromatic N) is 2. The molecule has 3 heteroatoms. The molecule has 68 valence electrons. The Morgan fingerprint density at radius 2 is 1.93 bits per heavy atom. The first-order valence-corrected chi connectivity index (χ1v) is 3.97. The van der Waals surface area contributed by atoms with Crippen molar-refractivity contribution < 1.29 is 4.74 Å². The molecule has 14 heavy (non-hydrogen) atoms. The lowest BCUT2D eigenvalue weighted by atomic mass is 10.1. The monoisotopic (exact) mass is 184 g/mol. The molecule has 0 fully saturated rings. The van der Waals surface area contributed by atoms with Crippen molar-refractivity contribution in [1.29, 1.82) is 10.5 Å². The molecule has 0 atom stereocenters. The highest BCUT2D eigenvalue weighted by molar-refractivity contribution is 5.54. The molecular weight excluding hydrogens is 176 g/mol. The van der Waals surface area contributed by atoms with E-state index in [0.29, 0.717) is 11.3 Å². The van der Waals surface area contributed by atoms with Crippen LogP contribution in [0.4, 0.5) is 0 Å². The summed E-state index contributed by atoms with van der Waals surface area (Å²) in [7, 11) is 1.51. The summed E-state index contributed by atoms with van der Waals surface area (Å²) in [5.74, 6) is 0.521. The van der Waals surface area contributed by atoms with Gasteiger partial charge in [-0.25, -0.2) is 0 Å². The second-order valence-electron chi connectivity index (χ2n) is 2.49. The Bertz CT molecular complexity index is 409. The number of ether oxygens (including phenoxy) is 1. The van der Waals surface area contributed by atoms with Crippen LogP contribution in [0.15, 0.2) is 47.3 Å². The second kappa shape index (κ2) is 4.69. The summed E-state index contributed by atoms with van der Waals surface area (Å²) in [6, 6.07) is 3.66. The Balaban J connectivity index is 3.29. The number of hydrogen-bond acceptors (Lipinski definition) is 3. The maximum atomic E-state index is 8.72. The van der Waals surface area contributed by atoms with E-state index in [2.05, 4.69) is 0 Å². The van der Waals surface area contributed by atoms with E-state index in [-0.39, 0.29) is 5.57 Å². The minimum Gasteiger partial charge on any atom is -0.496 e. The fourth-order valence-corrected chi connectivity index (χ4v) is 1.06. The smallest absolute Gasteiger partial charge is 0.140 e. The summed E-state index contributed by atoms with van der Waals surface area (Å²) < 4.78 is 5.07. The third-order valence-corrected chi connectivity index (χ3v) is 1.71. The van der Waals surface area contributed by atoms with Crippen LogP contribution in [0.3, 0.4) is 0 Å². The van der Waals surface area contributed by atoms with Gasteiger partial charge in [-0.15, -0.1) is 0 Å². The summed E-state index contributed by atoms with van der Waals surface area (Å²) in [6.07, 6.45) is 8.74. The van der Waals surface area contributed by atoms with Crippen LogP contribution in [0.5, 0.6) is 0 Å². The van der Waals surface area contributed by atoms with Crippen LogP contribution in [-0.2, 0) is 4.74 Å². The van der Waals surface area contributed by atoms with E-state index in [1.165, 1.54) is 7.11 Å². The highest BCUT2D eigenvalue weighted by Gasteiger charge is 2.09. The molecule has 0 radical (unpaired) electrons. The molecule has 0 bridgehead atoms. The highest BCUT2D eigenvalue weighted by atomic mass is 16.5. The van der Waals surface area contributed by atoms with Crippen molar-refractivity contribution in [2.24, 2.45) is 0 Å². The molecule has 1 aliphatic rings. The summed E-state index contributed by atoms with van der Waals surface area (Å²) in [4.78, 5) is 0. The maximum Gasteiger partial charge on any atom is 0.140 e. The van der Waals surface area contributed by atoms with E-state index < -0.39 is 0 Å². The van der Waals surface area contributed by atoms with Crippen molar-refractivity contribution in [2.75, 3.05) is 7.11 Å². The molecule has 0 aromatic rings. The van der Waals surface area contributed by atoms with Gasteiger partial charge < -0.3 is 4.74 Å². The third-order valence-electron chi connectivity index (χ3n) is 1.71. The van der Waals surface area contributed by atoms with Crippen LogP contribution in [-0.4, -0.2) is 7.11 Å².